The summed E-state index contributed by atoms with van der Waals surface area (Å²) in [6.07, 6.45) is 3.95. The van der Waals surface area contributed by atoms with Gasteiger partial charge in [0, 0.05) is 25.1 Å². The number of nitrogens with zero attached hydrogens (tertiary/aromatic N) is 2. The van der Waals surface area contributed by atoms with Crippen molar-refractivity contribution in [3.05, 3.63) is 11.6 Å². The van der Waals surface area contributed by atoms with Crippen LogP contribution in [0.4, 0.5) is 11.5 Å². The van der Waals surface area contributed by atoms with Crippen LogP contribution in [0.15, 0.2) is 6.07 Å². The maximum atomic E-state index is 12.1. The molecule has 1 saturated heterocycles. The molecule has 4 N–H and O–H groups in total. The number of nitrogens with two attached hydrogens (primary N) is 2. The maximum Gasteiger partial charge on any atom is 0.225 e. The van der Waals surface area contributed by atoms with Crippen molar-refractivity contribution in [1.29, 1.82) is 0 Å². The number of rotatable bonds is 4. The lowest BCUT2D eigenvalue weighted by Gasteiger charge is -2.17. The van der Waals surface area contributed by atoms with E-state index >= 15 is 0 Å². The van der Waals surface area contributed by atoms with Crippen molar-refractivity contribution < 1.29 is 9.53 Å². The number of hydrogen-bond donors (Lipinski definition) is 2. The van der Waals surface area contributed by atoms with E-state index in [4.69, 9.17) is 16.2 Å². The average Bonchev–Trinajstić information content (AvgIpc) is 3.22. The number of carbonyl (C=O) groups excluding carboxylic acids is 1. The number of nitrogen functional groups attached to an aromatic ring is 2. The second-order valence-electron chi connectivity index (χ2n) is 6.04. The van der Waals surface area contributed by atoms with Gasteiger partial charge in [-0.05, 0) is 37.2 Å². The van der Waals surface area contributed by atoms with E-state index < -0.39 is 0 Å². The van der Waals surface area contributed by atoms with E-state index in [2.05, 4.69) is 4.98 Å². The Bertz CT molecular complexity index is 557. The van der Waals surface area contributed by atoms with Crippen LogP contribution in [-0.2, 0) is 11.2 Å². The van der Waals surface area contributed by atoms with E-state index in [-0.39, 0.29) is 0 Å². The van der Waals surface area contributed by atoms with Gasteiger partial charge in [-0.3, -0.25) is 4.79 Å². The summed E-state index contributed by atoms with van der Waals surface area (Å²) in [6, 6.07) is 1.84. The lowest BCUT2D eigenvalue weighted by Crippen LogP contribution is -2.30. The molecule has 0 spiro atoms. The zero-order chi connectivity index (χ0) is 15.0. The van der Waals surface area contributed by atoms with Crippen LogP contribution in [0.25, 0.3) is 0 Å². The van der Waals surface area contributed by atoms with Crippen molar-refractivity contribution >= 4 is 17.4 Å². The summed E-state index contributed by atoms with van der Waals surface area (Å²) in [4.78, 5) is 18.1. The highest BCUT2D eigenvalue weighted by molar-refractivity contribution is 5.81. The highest BCUT2D eigenvalue weighted by atomic mass is 16.5. The van der Waals surface area contributed by atoms with Crippen LogP contribution in [0.2, 0.25) is 0 Å². The Kier molecular flexibility index (Phi) is 3.61. The number of aromatic nitrogens is 1. The van der Waals surface area contributed by atoms with Crippen molar-refractivity contribution in [2.45, 2.75) is 25.7 Å². The summed E-state index contributed by atoms with van der Waals surface area (Å²) >= 11 is 0. The molecule has 1 amide bonds. The molecule has 6 nitrogen and oxygen atoms in total. The lowest BCUT2D eigenvalue weighted by atomic mass is 9.98. The lowest BCUT2D eigenvalue weighted by molar-refractivity contribution is -0.131. The molecule has 2 fully saturated rings. The fraction of sp³-hybridized carbons (Fsp3) is 0.600. The van der Waals surface area contributed by atoms with Gasteiger partial charge in [-0.2, -0.15) is 4.98 Å². The SMILES string of the molecule is COc1cc(C[C@H]2CCN(C(=O)C3CC3)C2)c(N)c(N)n1. The van der Waals surface area contributed by atoms with Crippen LogP contribution in [0.3, 0.4) is 0 Å². The Morgan fingerprint density at radius 3 is 2.86 bits per heavy atom. The number of pyridine rings is 1. The first-order valence-corrected chi connectivity index (χ1v) is 7.46. The van der Waals surface area contributed by atoms with Crippen molar-refractivity contribution in [2.75, 3.05) is 31.7 Å². The Morgan fingerprint density at radius 2 is 2.19 bits per heavy atom. The minimum absolute atomic E-state index is 0.297. The van der Waals surface area contributed by atoms with Crippen LogP contribution < -0.4 is 16.2 Å². The molecule has 3 rings (SSSR count). The molecule has 21 heavy (non-hydrogen) atoms. The van der Waals surface area contributed by atoms with E-state index in [9.17, 15) is 4.79 Å². The van der Waals surface area contributed by atoms with Crippen molar-refractivity contribution in [3.63, 3.8) is 0 Å². The molecule has 1 aliphatic carbocycles. The molecule has 1 saturated carbocycles. The van der Waals surface area contributed by atoms with Crippen LogP contribution in [0.1, 0.15) is 24.8 Å². The highest BCUT2D eigenvalue weighted by Gasteiger charge is 2.36. The fourth-order valence-corrected chi connectivity index (χ4v) is 2.97. The molecular weight excluding hydrogens is 268 g/mol. The third kappa shape index (κ3) is 2.89. The summed E-state index contributed by atoms with van der Waals surface area (Å²) in [5.74, 6) is 1.86. The molecule has 2 aliphatic rings. The average molecular weight is 290 g/mol. The molecule has 6 heteroatoms. The Labute approximate surface area is 124 Å². The minimum atomic E-state index is 0.297. The van der Waals surface area contributed by atoms with Gasteiger partial charge in [0.25, 0.3) is 0 Å². The third-order valence-electron chi connectivity index (χ3n) is 4.39. The van der Waals surface area contributed by atoms with Gasteiger partial charge in [0.1, 0.15) is 0 Å². The van der Waals surface area contributed by atoms with E-state index in [0.717, 1.165) is 44.3 Å². The molecule has 1 aromatic heterocycles. The number of likely N-dealkylation sites (tertiary alicyclic amines) is 1. The summed E-state index contributed by atoms with van der Waals surface area (Å²) in [5, 5.41) is 0. The molecule has 1 aliphatic heterocycles. The molecule has 2 heterocycles. The summed E-state index contributed by atoms with van der Waals surface area (Å²) in [6.45, 7) is 1.68. The highest BCUT2D eigenvalue weighted by Crippen LogP contribution is 2.34. The van der Waals surface area contributed by atoms with Gasteiger partial charge in [0.2, 0.25) is 11.8 Å². The second-order valence-corrected chi connectivity index (χ2v) is 6.04. The van der Waals surface area contributed by atoms with E-state index in [1.165, 1.54) is 0 Å². The smallest absolute Gasteiger partial charge is 0.225 e. The molecule has 0 bridgehead atoms. The van der Waals surface area contributed by atoms with Gasteiger partial charge in [0.05, 0.1) is 12.8 Å². The molecular formula is C15H22N4O2. The summed E-state index contributed by atoms with van der Waals surface area (Å²) < 4.78 is 5.14. The monoisotopic (exact) mass is 290 g/mol. The van der Waals surface area contributed by atoms with Gasteiger partial charge in [-0.1, -0.05) is 0 Å². The minimum Gasteiger partial charge on any atom is -0.481 e. The number of anilines is 2. The van der Waals surface area contributed by atoms with Gasteiger partial charge in [-0.15, -0.1) is 0 Å². The molecule has 0 aromatic carbocycles. The molecule has 1 atom stereocenters. The maximum absolute atomic E-state index is 12.1. The van der Waals surface area contributed by atoms with Gasteiger partial charge in [-0.25, -0.2) is 0 Å². The van der Waals surface area contributed by atoms with Crippen molar-refractivity contribution in [1.82, 2.24) is 9.88 Å². The third-order valence-corrected chi connectivity index (χ3v) is 4.39. The summed E-state index contributed by atoms with van der Waals surface area (Å²) in [7, 11) is 1.56. The number of carbonyl (C=O) groups is 1. The zero-order valence-electron chi connectivity index (χ0n) is 12.3. The molecule has 0 radical (unpaired) electrons. The fourth-order valence-electron chi connectivity index (χ4n) is 2.97. The normalized spacial score (nSPS) is 21.6. The number of ether oxygens (including phenoxy) is 1. The van der Waals surface area contributed by atoms with Crippen LogP contribution in [0, 0.1) is 11.8 Å². The van der Waals surface area contributed by atoms with E-state index in [1.807, 2.05) is 11.0 Å². The largest absolute Gasteiger partial charge is 0.481 e. The number of amides is 1. The Balaban J connectivity index is 1.67. The van der Waals surface area contributed by atoms with E-state index in [0.29, 0.717) is 35.1 Å². The first kappa shape index (κ1) is 14.0. The molecule has 114 valence electrons. The standard InChI is InChI=1S/C15H22N4O2/c1-21-12-7-11(13(16)14(17)18-12)6-9-4-5-19(8-9)15(20)10-2-3-10/h7,9-10H,2-6,8,16H2,1H3,(H2,17,18)/t9-/m1/s1. The van der Waals surface area contributed by atoms with Gasteiger partial charge in [0.15, 0.2) is 5.82 Å². The van der Waals surface area contributed by atoms with Crippen LogP contribution in [-0.4, -0.2) is 36.0 Å². The topological polar surface area (TPSA) is 94.5 Å². The van der Waals surface area contributed by atoms with E-state index in [1.54, 1.807) is 7.11 Å². The number of methoxy groups -OCH3 is 1. The first-order valence-electron chi connectivity index (χ1n) is 7.46. The van der Waals surface area contributed by atoms with Gasteiger partial charge >= 0.3 is 0 Å². The zero-order valence-corrected chi connectivity index (χ0v) is 12.3. The first-order chi connectivity index (χ1) is 10.1. The van der Waals surface area contributed by atoms with Crippen molar-refractivity contribution in [2.24, 2.45) is 11.8 Å². The van der Waals surface area contributed by atoms with Crippen LogP contribution >= 0.6 is 0 Å². The molecule has 0 unspecified atom stereocenters. The van der Waals surface area contributed by atoms with Gasteiger partial charge < -0.3 is 21.1 Å². The quantitative estimate of drug-likeness (QED) is 0.864. The predicted molar refractivity (Wildman–Crippen MR) is 80.7 cm³/mol. The Hall–Kier alpha value is -1.98. The number of hydrogen-bond acceptors (Lipinski definition) is 5. The predicted octanol–water partition coefficient (Wildman–Crippen LogP) is 1.06. The molecule has 1 aromatic rings. The second kappa shape index (κ2) is 5.42. The van der Waals surface area contributed by atoms with Crippen molar-refractivity contribution in [3.8, 4) is 5.88 Å². The Morgan fingerprint density at radius 1 is 1.43 bits per heavy atom. The summed E-state index contributed by atoms with van der Waals surface area (Å²) in [5.41, 5.74) is 13.3. The van der Waals surface area contributed by atoms with Crippen LogP contribution in [0.5, 0.6) is 5.88 Å².